The van der Waals surface area contributed by atoms with E-state index in [4.69, 9.17) is 27.5 Å². The zero-order chi connectivity index (χ0) is 16.8. The summed E-state index contributed by atoms with van der Waals surface area (Å²) in [7, 11) is 0. The van der Waals surface area contributed by atoms with Crippen LogP contribution in [0.3, 0.4) is 0 Å². The van der Waals surface area contributed by atoms with Crippen molar-refractivity contribution in [1.29, 1.82) is 0 Å². The molecule has 0 aromatic heterocycles. The molecule has 0 heterocycles. The predicted molar refractivity (Wildman–Crippen MR) is 96.7 cm³/mol. The molecule has 2 aromatic rings. The molecular formula is C17H11Br2ClO3. The lowest BCUT2D eigenvalue weighted by atomic mass is 10.2. The minimum Gasteiger partial charge on any atom is -0.486 e. The highest BCUT2D eigenvalue weighted by Crippen LogP contribution is 2.35. The third-order valence-electron chi connectivity index (χ3n) is 2.82. The molecule has 0 aliphatic carbocycles. The third kappa shape index (κ3) is 5.00. The standard InChI is InChI=1S/C17H11Br2ClO3/c1-2-7-22-17(21)12-8-14(19)16(15(20)9-12)23-10-11-3-5-13(18)6-4-11/h1,3-6,8-9H,7,10H2. The summed E-state index contributed by atoms with van der Waals surface area (Å²) in [5, 5.41) is 0.309. The number of benzene rings is 2. The average Bonchev–Trinajstić information content (AvgIpc) is 2.53. The minimum absolute atomic E-state index is 0.0874. The lowest BCUT2D eigenvalue weighted by Crippen LogP contribution is -2.06. The zero-order valence-corrected chi connectivity index (χ0v) is 15.7. The van der Waals surface area contributed by atoms with Crippen LogP contribution in [0.25, 0.3) is 0 Å². The van der Waals surface area contributed by atoms with Gasteiger partial charge in [0.1, 0.15) is 6.61 Å². The number of ether oxygens (including phenoxy) is 2. The summed E-state index contributed by atoms with van der Waals surface area (Å²) in [6.07, 6.45) is 5.06. The summed E-state index contributed by atoms with van der Waals surface area (Å²) < 4.78 is 12.2. The number of esters is 1. The van der Waals surface area contributed by atoms with E-state index in [2.05, 4.69) is 37.8 Å². The molecule has 0 fully saturated rings. The van der Waals surface area contributed by atoms with Crippen molar-refractivity contribution in [3.8, 4) is 18.1 Å². The number of carbonyl (C=O) groups is 1. The van der Waals surface area contributed by atoms with Crippen molar-refractivity contribution in [2.45, 2.75) is 6.61 Å². The first-order valence-electron chi connectivity index (χ1n) is 6.48. The molecular weight excluding hydrogens is 447 g/mol. The maximum Gasteiger partial charge on any atom is 0.339 e. The molecule has 0 saturated carbocycles. The Morgan fingerprint density at radius 3 is 2.52 bits per heavy atom. The molecule has 3 nitrogen and oxygen atoms in total. The number of carbonyl (C=O) groups excluding carboxylic acids is 1. The number of terminal acetylenes is 1. The fourth-order valence-corrected chi connectivity index (χ4v) is 2.97. The van der Waals surface area contributed by atoms with Gasteiger partial charge in [-0.05, 0) is 45.8 Å². The van der Waals surface area contributed by atoms with E-state index in [1.807, 2.05) is 24.3 Å². The average molecular weight is 459 g/mol. The first-order chi connectivity index (χ1) is 11.0. The Bertz CT molecular complexity index is 728. The molecule has 0 unspecified atom stereocenters. The molecule has 2 rings (SSSR count). The van der Waals surface area contributed by atoms with Gasteiger partial charge in [-0.2, -0.15) is 0 Å². The van der Waals surface area contributed by atoms with Crippen LogP contribution < -0.4 is 4.74 Å². The maximum atomic E-state index is 11.8. The molecule has 0 bridgehead atoms. The fourth-order valence-electron chi connectivity index (χ4n) is 1.74. The smallest absolute Gasteiger partial charge is 0.339 e. The molecule has 0 saturated heterocycles. The molecule has 0 radical (unpaired) electrons. The van der Waals surface area contributed by atoms with E-state index < -0.39 is 5.97 Å². The van der Waals surface area contributed by atoms with Crippen LogP contribution in [0, 0.1) is 12.3 Å². The van der Waals surface area contributed by atoms with Crippen LogP contribution in [-0.2, 0) is 11.3 Å². The Balaban J connectivity index is 2.12. The number of halogens is 3. The summed E-state index contributed by atoms with van der Waals surface area (Å²) in [5.41, 5.74) is 1.29. The third-order valence-corrected chi connectivity index (χ3v) is 4.22. The number of rotatable bonds is 5. The Labute approximate surface area is 156 Å². The van der Waals surface area contributed by atoms with Crippen LogP contribution >= 0.6 is 43.5 Å². The van der Waals surface area contributed by atoms with E-state index >= 15 is 0 Å². The van der Waals surface area contributed by atoms with Crippen LogP contribution in [0.4, 0.5) is 0 Å². The monoisotopic (exact) mass is 456 g/mol. The minimum atomic E-state index is -0.537. The van der Waals surface area contributed by atoms with Crippen molar-refractivity contribution in [2.75, 3.05) is 6.61 Å². The van der Waals surface area contributed by atoms with Crippen molar-refractivity contribution in [2.24, 2.45) is 0 Å². The Morgan fingerprint density at radius 2 is 1.91 bits per heavy atom. The first-order valence-corrected chi connectivity index (χ1v) is 8.44. The highest BCUT2D eigenvalue weighted by molar-refractivity contribution is 9.10. The quantitative estimate of drug-likeness (QED) is 0.455. The topological polar surface area (TPSA) is 35.5 Å². The van der Waals surface area contributed by atoms with Gasteiger partial charge in [-0.3, -0.25) is 0 Å². The lowest BCUT2D eigenvalue weighted by molar-refractivity contribution is 0.0556. The second kappa shape index (κ2) is 8.39. The first kappa shape index (κ1) is 17.9. The highest BCUT2D eigenvalue weighted by Gasteiger charge is 2.15. The second-order valence-corrected chi connectivity index (χ2v) is 6.64. The van der Waals surface area contributed by atoms with Crippen molar-refractivity contribution >= 4 is 49.4 Å². The van der Waals surface area contributed by atoms with E-state index in [1.165, 1.54) is 6.07 Å². The van der Waals surface area contributed by atoms with E-state index in [0.29, 0.717) is 27.4 Å². The number of hydrogen-bond acceptors (Lipinski definition) is 3. The van der Waals surface area contributed by atoms with Crippen LogP contribution in [0.1, 0.15) is 15.9 Å². The SMILES string of the molecule is C#CCOC(=O)c1cc(Cl)c(OCc2ccc(Br)cc2)c(Br)c1. The normalized spacial score (nSPS) is 10.0. The Kier molecular flexibility index (Phi) is 6.52. The van der Waals surface area contributed by atoms with Gasteiger partial charge in [-0.25, -0.2) is 4.79 Å². The number of hydrogen-bond donors (Lipinski definition) is 0. The molecule has 6 heteroatoms. The van der Waals surface area contributed by atoms with Crippen LogP contribution in [0.15, 0.2) is 45.3 Å². The maximum absolute atomic E-state index is 11.8. The van der Waals surface area contributed by atoms with E-state index in [1.54, 1.807) is 6.07 Å². The molecule has 0 aliphatic rings. The lowest BCUT2D eigenvalue weighted by Gasteiger charge is -2.12. The molecule has 0 atom stereocenters. The molecule has 118 valence electrons. The summed E-state index contributed by atoms with van der Waals surface area (Å²) in [5.74, 6) is 2.16. The summed E-state index contributed by atoms with van der Waals surface area (Å²) in [4.78, 5) is 11.8. The van der Waals surface area contributed by atoms with Gasteiger partial charge < -0.3 is 9.47 Å². The van der Waals surface area contributed by atoms with Gasteiger partial charge in [-0.1, -0.05) is 45.6 Å². The van der Waals surface area contributed by atoms with Crippen LogP contribution in [-0.4, -0.2) is 12.6 Å². The van der Waals surface area contributed by atoms with Crippen molar-refractivity contribution < 1.29 is 14.3 Å². The molecule has 0 N–H and O–H groups in total. The predicted octanol–water partition coefficient (Wildman–Crippen LogP) is 5.23. The van der Waals surface area contributed by atoms with Gasteiger partial charge in [0.2, 0.25) is 0 Å². The van der Waals surface area contributed by atoms with E-state index in [0.717, 1.165) is 10.0 Å². The summed E-state index contributed by atoms with van der Waals surface area (Å²) in [6, 6.07) is 10.8. The summed E-state index contributed by atoms with van der Waals surface area (Å²) in [6.45, 7) is 0.266. The van der Waals surface area contributed by atoms with Gasteiger partial charge in [-0.15, -0.1) is 6.42 Å². The molecule has 0 aliphatic heterocycles. The zero-order valence-electron chi connectivity index (χ0n) is 11.8. The van der Waals surface area contributed by atoms with Crippen LogP contribution in [0.2, 0.25) is 5.02 Å². The van der Waals surface area contributed by atoms with E-state index in [-0.39, 0.29) is 6.61 Å². The van der Waals surface area contributed by atoms with Crippen molar-refractivity contribution in [3.05, 3.63) is 61.5 Å². The van der Waals surface area contributed by atoms with E-state index in [9.17, 15) is 4.79 Å². The second-order valence-electron chi connectivity index (χ2n) is 4.46. The van der Waals surface area contributed by atoms with Gasteiger partial charge in [0, 0.05) is 4.47 Å². The van der Waals surface area contributed by atoms with Gasteiger partial charge in [0.25, 0.3) is 0 Å². The molecule has 23 heavy (non-hydrogen) atoms. The fraction of sp³-hybridized carbons (Fsp3) is 0.118. The molecule has 0 spiro atoms. The Hall–Kier alpha value is -1.48. The summed E-state index contributed by atoms with van der Waals surface area (Å²) >= 11 is 12.9. The highest BCUT2D eigenvalue weighted by atomic mass is 79.9. The van der Waals surface area contributed by atoms with Gasteiger partial charge >= 0.3 is 5.97 Å². The van der Waals surface area contributed by atoms with Gasteiger partial charge in [0.15, 0.2) is 12.4 Å². The largest absolute Gasteiger partial charge is 0.486 e. The van der Waals surface area contributed by atoms with Crippen LogP contribution in [0.5, 0.6) is 5.75 Å². The Morgan fingerprint density at radius 1 is 1.22 bits per heavy atom. The van der Waals surface area contributed by atoms with Crippen molar-refractivity contribution in [1.82, 2.24) is 0 Å². The van der Waals surface area contributed by atoms with Gasteiger partial charge in [0.05, 0.1) is 15.1 Å². The molecule has 2 aromatic carbocycles. The van der Waals surface area contributed by atoms with Crippen molar-refractivity contribution in [3.63, 3.8) is 0 Å². The molecule has 0 amide bonds.